The van der Waals surface area contributed by atoms with Crippen LogP contribution in [0.25, 0.3) is 0 Å². The Kier molecular flexibility index (Phi) is 3.14. The van der Waals surface area contributed by atoms with Crippen molar-refractivity contribution < 1.29 is 9.90 Å². The molecule has 0 radical (unpaired) electrons. The van der Waals surface area contributed by atoms with Gasteiger partial charge in [-0.3, -0.25) is 9.78 Å². The highest BCUT2D eigenvalue weighted by Crippen LogP contribution is 2.18. The topological polar surface area (TPSA) is 66.3 Å². The van der Waals surface area contributed by atoms with E-state index in [0.29, 0.717) is 12.2 Å². The first kappa shape index (κ1) is 11.0. The van der Waals surface area contributed by atoms with Crippen molar-refractivity contribution in [1.82, 2.24) is 14.9 Å². The van der Waals surface area contributed by atoms with E-state index in [1.54, 1.807) is 11.1 Å². The minimum atomic E-state index is -0.135. The summed E-state index contributed by atoms with van der Waals surface area (Å²) in [6.07, 6.45) is 4.87. The Bertz CT molecular complexity index is 377. The number of hydrogen-bond acceptors (Lipinski definition) is 4. The van der Waals surface area contributed by atoms with Gasteiger partial charge in [-0.05, 0) is 19.8 Å². The van der Waals surface area contributed by atoms with E-state index >= 15 is 0 Å². The molecule has 1 N–H and O–H groups in total. The first-order valence-electron chi connectivity index (χ1n) is 5.43. The van der Waals surface area contributed by atoms with Crippen LogP contribution in [0.5, 0.6) is 0 Å². The smallest absolute Gasteiger partial charge is 0.274 e. The zero-order valence-electron chi connectivity index (χ0n) is 9.26. The molecule has 1 aromatic rings. The standard InChI is InChI=1S/C11H15N3O2/c1-8-5-13-10(6-12-8)11(16)14-4-2-3-9(14)7-15/h5-6,9,15H,2-4,7H2,1H3/t9-/m0/s1. The maximum atomic E-state index is 12.0. The summed E-state index contributed by atoms with van der Waals surface area (Å²) in [6.45, 7) is 2.54. The molecular weight excluding hydrogens is 206 g/mol. The lowest BCUT2D eigenvalue weighted by molar-refractivity contribution is 0.0671. The van der Waals surface area contributed by atoms with E-state index in [1.807, 2.05) is 6.92 Å². The number of aliphatic hydroxyl groups excluding tert-OH is 1. The monoisotopic (exact) mass is 221 g/mol. The quantitative estimate of drug-likeness (QED) is 0.784. The minimum absolute atomic E-state index is 0.0189. The molecule has 1 amide bonds. The third kappa shape index (κ3) is 2.04. The van der Waals surface area contributed by atoms with Gasteiger partial charge in [-0.2, -0.15) is 0 Å². The molecule has 5 heteroatoms. The van der Waals surface area contributed by atoms with Crippen LogP contribution in [0.2, 0.25) is 0 Å². The summed E-state index contributed by atoms with van der Waals surface area (Å²) in [5.41, 5.74) is 1.14. The van der Waals surface area contributed by atoms with Crippen LogP contribution in [-0.2, 0) is 0 Å². The summed E-state index contributed by atoms with van der Waals surface area (Å²) < 4.78 is 0. The van der Waals surface area contributed by atoms with Crippen molar-refractivity contribution in [1.29, 1.82) is 0 Å². The van der Waals surface area contributed by atoms with Crippen LogP contribution < -0.4 is 0 Å². The zero-order valence-corrected chi connectivity index (χ0v) is 9.26. The zero-order chi connectivity index (χ0) is 11.5. The van der Waals surface area contributed by atoms with Gasteiger partial charge in [0.05, 0.1) is 24.5 Å². The lowest BCUT2D eigenvalue weighted by Crippen LogP contribution is -2.38. The number of hydrogen-bond donors (Lipinski definition) is 1. The van der Waals surface area contributed by atoms with E-state index in [0.717, 1.165) is 18.5 Å². The Balaban J connectivity index is 2.15. The molecule has 1 aromatic heterocycles. The van der Waals surface area contributed by atoms with Crippen molar-refractivity contribution in [3.8, 4) is 0 Å². The van der Waals surface area contributed by atoms with Gasteiger partial charge in [0.15, 0.2) is 0 Å². The van der Waals surface area contributed by atoms with E-state index in [9.17, 15) is 4.79 Å². The molecule has 1 saturated heterocycles. The molecule has 0 aromatic carbocycles. The predicted octanol–water partition coefficient (Wildman–Crippen LogP) is 0.382. The van der Waals surface area contributed by atoms with Crippen molar-refractivity contribution in [2.75, 3.05) is 13.2 Å². The molecular formula is C11H15N3O2. The van der Waals surface area contributed by atoms with Crippen LogP contribution in [0, 0.1) is 6.92 Å². The number of nitrogens with zero attached hydrogens (tertiary/aromatic N) is 3. The van der Waals surface area contributed by atoms with Crippen LogP contribution >= 0.6 is 0 Å². The van der Waals surface area contributed by atoms with Crippen LogP contribution in [0.4, 0.5) is 0 Å². The van der Waals surface area contributed by atoms with Gasteiger partial charge in [0.25, 0.3) is 5.91 Å². The first-order chi connectivity index (χ1) is 7.72. The number of aryl methyl sites for hydroxylation is 1. The molecule has 0 bridgehead atoms. The Labute approximate surface area is 94.1 Å². The first-order valence-corrected chi connectivity index (χ1v) is 5.43. The summed E-state index contributed by atoms with van der Waals surface area (Å²) in [5.74, 6) is -0.135. The highest BCUT2D eigenvalue weighted by molar-refractivity contribution is 5.92. The normalized spacial score (nSPS) is 20.1. The summed E-state index contributed by atoms with van der Waals surface area (Å²) in [6, 6.07) is -0.0596. The van der Waals surface area contributed by atoms with Crippen LogP contribution in [0.3, 0.4) is 0 Å². The van der Waals surface area contributed by atoms with Crippen LogP contribution in [-0.4, -0.2) is 45.1 Å². The third-order valence-corrected chi connectivity index (χ3v) is 2.85. The minimum Gasteiger partial charge on any atom is -0.394 e. The molecule has 1 aliphatic rings. The summed E-state index contributed by atoms with van der Waals surface area (Å²) in [7, 11) is 0. The molecule has 0 aliphatic carbocycles. The average molecular weight is 221 g/mol. The molecule has 0 unspecified atom stereocenters. The summed E-state index contributed by atoms with van der Waals surface area (Å²) >= 11 is 0. The number of carbonyl (C=O) groups is 1. The highest BCUT2D eigenvalue weighted by Gasteiger charge is 2.29. The Morgan fingerprint density at radius 3 is 3.00 bits per heavy atom. The van der Waals surface area contributed by atoms with Crippen molar-refractivity contribution >= 4 is 5.91 Å². The second-order valence-corrected chi connectivity index (χ2v) is 4.02. The molecule has 2 heterocycles. The van der Waals surface area contributed by atoms with Gasteiger partial charge in [-0.15, -0.1) is 0 Å². The Morgan fingerprint density at radius 1 is 1.56 bits per heavy atom. The van der Waals surface area contributed by atoms with E-state index in [1.165, 1.54) is 6.20 Å². The van der Waals surface area contributed by atoms with Crippen molar-refractivity contribution in [3.05, 3.63) is 23.8 Å². The van der Waals surface area contributed by atoms with Crippen molar-refractivity contribution in [2.45, 2.75) is 25.8 Å². The Morgan fingerprint density at radius 2 is 2.38 bits per heavy atom. The molecule has 5 nitrogen and oxygen atoms in total. The summed E-state index contributed by atoms with van der Waals surface area (Å²) in [5, 5.41) is 9.15. The molecule has 2 rings (SSSR count). The van der Waals surface area contributed by atoms with Crippen LogP contribution in [0.15, 0.2) is 12.4 Å². The van der Waals surface area contributed by atoms with Gasteiger partial charge in [-0.25, -0.2) is 4.98 Å². The lowest BCUT2D eigenvalue weighted by Gasteiger charge is -2.22. The lowest BCUT2D eigenvalue weighted by atomic mass is 10.2. The van der Waals surface area contributed by atoms with Crippen LogP contribution in [0.1, 0.15) is 29.0 Å². The number of likely N-dealkylation sites (tertiary alicyclic amines) is 1. The van der Waals surface area contributed by atoms with Gasteiger partial charge >= 0.3 is 0 Å². The second kappa shape index (κ2) is 4.57. The fourth-order valence-electron chi connectivity index (χ4n) is 1.94. The van der Waals surface area contributed by atoms with E-state index in [2.05, 4.69) is 9.97 Å². The van der Waals surface area contributed by atoms with Gasteiger partial charge < -0.3 is 10.0 Å². The average Bonchev–Trinajstić information content (AvgIpc) is 2.77. The number of aromatic nitrogens is 2. The number of amides is 1. The maximum absolute atomic E-state index is 12.0. The fourth-order valence-corrected chi connectivity index (χ4v) is 1.94. The number of aliphatic hydroxyl groups is 1. The van der Waals surface area contributed by atoms with Gasteiger partial charge in [0, 0.05) is 12.7 Å². The summed E-state index contributed by atoms with van der Waals surface area (Å²) in [4.78, 5) is 21.8. The largest absolute Gasteiger partial charge is 0.394 e. The molecule has 16 heavy (non-hydrogen) atoms. The second-order valence-electron chi connectivity index (χ2n) is 4.02. The van der Waals surface area contributed by atoms with Gasteiger partial charge in [0.1, 0.15) is 5.69 Å². The Hall–Kier alpha value is -1.49. The molecule has 1 fully saturated rings. The van der Waals surface area contributed by atoms with E-state index < -0.39 is 0 Å². The molecule has 0 saturated carbocycles. The van der Waals surface area contributed by atoms with Gasteiger partial charge in [0.2, 0.25) is 0 Å². The maximum Gasteiger partial charge on any atom is 0.274 e. The third-order valence-electron chi connectivity index (χ3n) is 2.85. The molecule has 1 atom stereocenters. The SMILES string of the molecule is Cc1cnc(C(=O)N2CCC[C@H]2CO)cn1. The molecule has 1 aliphatic heterocycles. The molecule has 86 valence electrons. The van der Waals surface area contributed by atoms with Crippen molar-refractivity contribution in [3.63, 3.8) is 0 Å². The number of carbonyl (C=O) groups excluding carboxylic acids is 1. The van der Waals surface area contributed by atoms with E-state index in [4.69, 9.17) is 5.11 Å². The predicted molar refractivity (Wildman–Crippen MR) is 57.9 cm³/mol. The highest BCUT2D eigenvalue weighted by atomic mass is 16.3. The van der Waals surface area contributed by atoms with Crippen molar-refractivity contribution in [2.24, 2.45) is 0 Å². The van der Waals surface area contributed by atoms with E-state index in [-0.39, 0.29) is 18.6 Å². The fraction of sp³-hybridized carbons (Fsp3) is 0.545. The van der Waals surface area contributed by atoms with Gasteiger partial charge in [-0.1, -0.05) is 0 Å². The number of rotatable bonds is 2. The molecule has 0 spiro atoms.